The van der Waals surface area contributed by atoms with E-state index in [-0.39, 0.29) is 11.6 Å². The van der Waals surface area contributed by atoms with Crippen LogP contribution < -0.4 is 0 Å². The van der Waals surface area contributed by atoms with E-state index in [1.165, 1.54) is 25.0 Å². The van der Waals surface area contributed by atoms with Crippen LogP contribution in [-0.4, -0.2) is 23.3 Å². The Balaban J connectivity index is 1.58. The second-order valence-corrected chi connectivity index (χ2v) is 5.46. The number of ketones is 1. The molecule has 1 aromatic heterocycles. The highest BCUT2D eigenvalue weighted by atomic mass is 19.1. The molecule has 3 nitrogen and oxygen atoms in total. The Bertz CT molecular complexity index is 605. The Labute approximate surface area is 123 Å². The highest BCUT2D eigenvalue weighted by Crippen LogP contribution is 2.28. The summed E-state index contributed by atoms with van der Waals surface area (Å²) in [6.07, 6.45) is 4.42. The van der Waals surface area contributed by atoms with Crippen molar-refractivity contribution in [3.8, 4) is 0 Å². The highest BCUT2D eigenvalue weighted by molar-refractivity contribution is 5.96. The van der Waals surface area contributed by atoms with Crippen molar-refractivity contribution < 1.29 is 13.6 Å². The highest BCUT2D eigenvalue weighted by Gasteiger charge is 2.29. The molecule has 0 spiro atoms. The summed E-state index contributed by atoms with van der Waals surface area (Å²) in [5.74, 6) is 0.537. The van der Waals surface area contributed by atoms with E-state index in [1.54, 1.807) is 18.4 Å². The third kappa shape index (κ3) is 3.79. The molecule has 21 heavy (non-hydrogen) atoms. The molecule has 0 unspecified atom stereocenters. The first-order valence-electron chi connectivity index (χ1n) is 7.27. The third-order valence-electron chi connectivity index (χ3n) is 3.77. The molecule has 2 aromatic rings. The summed E-state index contributed by atoms with van der Waals surface area (Å²) in [6.45, 7) is 1.41. The molecular formula is C17H18FNO2. The van der Waals surface area contributed by atoms with E-state index in [0.29, 0.717) is 24.6 Å². The van der Waals surface area contributed by atoms with Gasteiger partial charge >= 0.3 is 0 Å². The van der Waals surface area contributed by atoms with Gasteiger partial charge in [0.2, 0.25) is 0 Å². The average molecular weight is 287 g/mol. The molecule has 1 aliphatic rings. The molecular weight excluding hydrogens is 269 g/mol. The zero-order chi connectivity index (χ0) is 14.7. The maximum absolute atomic E-state index is 13.1. The number of benzene rings is 1. The number of carbonyl (C=O) groups is 1. The smallest absolute Gasteiger partial charge is 0.164 e. The second-order valence-electron chi connectivity index (χ2n) is 5.46. The molecule has 0 aliphatic heterocycles. The Morgan fingerprint density at radius 1 is 1.29 bits per heavy atom. The minimum atomic E-state index is -0.365. The molecule has 0 radical (unpaired) electrons. The normalized spacial score (nSPS) is 14.6. The van der Waals surface area contributed by atoms with Crippen LogP contribution in [0, 0.1) is 5.82 Å². The lowest BCUT2D eigenvalue weighted by atomic mass is 10.1. The van der Waals surface area contributed by atoms with E-state index in [1.807, 2.05) is 12.1 Å². The number of hydrogen-bond acceptors (Lipinski definition) is 3. The zero-order valence-corrected chi connectivity index (χ0v) is 11.8. The quantitative estimate of drug-likeness (QED) is 0.729. The molecule has 0 N–H and O–H groups in total. The van der Waals surface area contributed by atoms with Gasteiger partial charge in [-0.05, 0) is 37.1 Å². The Kier molecular flexibility index (Phi) is 4.15. The van der Waals surface area contributed by atoms with Crippen molar-refractivity contribution in [3.05, 3.63) is 59.8 Å². The van der Waals surface area contributed by atoms with Crippen LogP contribution in [0.2, 0.25) is 0 Å². The van der Waals surface area contributed by atoms with Gasteiger partial charge in [-0.15, -0.1) is 0 Å². The van der Waals surface area contributed by atoms with Crippen LogP contribution >= 0.6 is 0 Å². The molecule has 1 heterocycles. The van der Waals surface area contributed by atoms with E-state index in [9.17, 15) is 9.18 Å². The van der Waals surface area contributed by atoms with Crippen LogP contribution in [0.3, 0.4) is 0 Å². The summed E-state index contributed by atoms with van der Waals surface area (Å²) in [4.78, 5) is 14.4. The van der Waals surface area contributed by atoms with Crippen molar-refractivity contribution in [2.45, 2.75) is 31.8 Å². The average Bonchev–Trinajstić information content (AvgIpc) is 3.20. The summed E-state index contributed by atoms with van der Waals surface area (Å²) in [7, 11) is 0. The van der Waals surface area contributed by atoms with Gasteiger partial charge in [0.1, 0.15) is 11.6 Å². The van der Waals surface area contributed by atoms with Crippen LogP contribution in [0.25, 0.3) is 0 Å². The predicted octanol–water partition coefficient (Wildman–Crippen LogP) is 3.66. The monoisotopic (exact) mass is 287 g/mol. The van der Waals surface area contributed by atoms with Crippen molar-refractivity contribution in [3.63, 3.8) is 0 Å². The molecule has 1 fully saturated rings. The summed E-state index contributed by atoms with van der Waals surface area (Å²) in [6, 6.07) is 10.3. The fraction of sp³-hybridized carbons (Fsp3) is 0.353. The van der Waals surface area contributed by atoms with E-state index < -0.39 is 0 Å². The Morgan fingerprint density at radius 2 is 2.14 bits per heavy atom. The maximum Gasteiger partial charge on any atom is 0.164 e. The van der Waals surface area contributed by atoms with Crippen LogP contribution in [0.1, 0.15) is 35.4 Å². The van der Waals surface area contributed by atoms with Crippen LogP contribution in [-0.2, 0) is 6.54 Å². The molecule has 1 aliphatic carbocycles. The van der Waals surface area contributed by atoms with Crippen molar-refractivity contribution in [1.82, 2.24) is 4.90 Å². The molecule has 1 aromatic carbocycles. The van der Waals surface area contributed by atoms with E-state index in [2.05, 4.69) is 4.90 Å². The number of carbonyl (C=O) groups excluding carboxylic acids is 1. The number of hydrogen-bond donors (Lipinski definition) is 0. The SMILES string of the molecule is O=C(CCN(Cc1ccco1)C1CC1)c1cccc(F)c1. The minimum absolute atomic E-state index is 0.0143. The Morgan fingerprint density at radius 3 is 2.81 bits per heavy atom. The lowest BCUT2D eigenvalue weighted by Gasteiger charge is -2.20. The first-order chi connectivity index (χ1) is 10.2. The zero-order valence-electron chi connectivity index (χ0n) is 11.8. The van der Waals surface area contributed by atoms with Crippen molar-refractivity contribution >= 4 is 5.78 Å². The number of rotatable bonds is 7. The van der Waals surface area contributed by atoms with Crippen LogP contribution in [0.15, 0.2) is 47.1 Å². The van der Waals surface area contributed by atoms with Gasteiger partial charge in [-0.3, -0.25) is 9.69 Å². The second kappa shape index (κ2) is 6.22. The minimum Gasteiger partial charge on any atom is -0.468 e. The van der Waals surface area contributed by atoms with Gasteiger partial charge in [0.25, 0.3) is 0 Å². The third-order valence-corrected chi connectivity index (χ3v) is 3.77. The summed E-state index contributed by atoms with van der Waals surface area (Å²) in [5.41, 5.74) is 0.448. The van der Waals surface area contributed by atoms with Gasteiger partial charge < -0.3 is 4.42 Å². The first-order valence-corrected chi connectivity index (χ1v) is 7.27. The maximum atomic E-state index is 13.1. The molecule has 0 atom stereocenters. The van der Waals surface area contributed by atoms with Gasteiger partial charge in [-0.25, -0.2) is 4.39 Å². The first kappa shape index (κ1) is 14.0. The lowest BCUT2D eigenvalue weighted by Crippen LogP contribution is -2.28. The van der Waals surface area contributed by atoms with Gasteiger partial charge in [0.15, 0.2) is 5.78 Å². The number of nitrogens with zero attached hydrogens (tertiary/aromatic N) is 1. The van der Waals surface area contributed by atoms with E-state index in [4.69, 9.17) is 4.42 Å². The van der Waals surface area contributed by atoms with E-state index in [0.717, 1.165) is 12.3 Å². The summed E-state index contributed by atoms with van der Waals surface area (Å²) >= 11 is 0. The van der Waals surface area contributed by atoms with Gasteiger partial charge in [-0.2, -0.15) is 0 Å². The van der Waals surface area contributed by atoms with E-state index >= 15 is 0 Å². The molecule has 1 saturated carbocycles. The summed E-state index contributed by atoms with van der Waals surface area (Å²) in [5, 5.41) is 0. The fourth-order valence-electron chi connectivity index (χ4n) is 2.48. The van der Waals surface area contributed by atoms with Crippen LogP contribution in [0.5, 0.6) is 0 Å². The van der Waals surface area contributed by atoms with Gasteiger partial charge in [0.05, 0.1) is 12.8 Å². The van der Waals surface area contributed by atoms with Gasteiger partial charge in [-0.1, -0.05) is 12.1 Å². The topological polar surface area (TPSA) is 33.5 Å². The van der Waals surface area contributed by atoms with Crippen LogP contribution in [0.4, 0.5) is 4.39 Å². The number of furan rings is 1. The van der Waals surface area contributed by atoms with Crippen molar-refractivity contribution in [2.24, 2.45) is 0 Å². The van der Waals surface area contributed by atoms with Gasteiger partial charge in [0, 0.05) is 24.6 Å². The molecule has 3 rings (SSSR count). The Hall–Kier alpha value is -1.94. The molecule has 0 saturated heterocycles. The fourth-order valence-corrected chi connectivity index (χ4v) is 2.48. The molecule has 0 bridgehead atoms. The molecule has 0 amide bonds. The number of Topliss-reactive ketones (excluding diaryl/α,β-unsaturated/α-hetero) is 1. The molecule has 110 valence electrons. The summed E-state index contributed by atoms with van der Waals surface area (Å²) < 4.78 is 18.5. The standard InChI is InChI=1S/C17H18FNO2/c18-14-4-1-3-13(11-14)17(20)8-9-19(15-6-7-15)12-16-5-2-10-21-16/h1-5,10-11,15H,6-9,12H2. The number of halogens is 1. The lowest BCUT2D eigenvalue weighted by molar-refractivity contribution is 0.0957. The van der Waals surface area contributed by atoms with Crippen molar-refractivity contribution in [1.29, 1.82) is 0 Å². The predicted molar refractivity (Wildman–Crippen MR) is 77.5 cm³/mol. The van der Waals surface area contributed by atoms with Crippen molar-refractivity contribution in [2.75, 3.05) is 6.54 Å². The largest absolute Gasteiger partial charge is 0.468 e. The molecule has 4 heteroatoms.